The van der Waals surface area contributed by atoms with E-state index in [1.54, 1.807) is 0 Å². The minimum atomic E-state index is -0.874. The number of nitrogens with one attached hydrogen (secondary N) is 1. The van der Waals surface area contributed by atoms with Crippen molar-refractivity contribution in [2.24, 2.45) is 5.10 Å². The maximum Gasteiger partial charge on any atom is 0.237 e. The van der Waals surface area contributed by atoms with Gasteiger partial charge in [0.15, 0.2) is 11.6 Å². The number of hydrogen-bond acceptors (Lipinski definition) is 4. The van der Waals surface area contributed by atoms with Gasteiger partial charge in [0.1, 0.15) is 17.8 Å². The van der Waals surface area contributed by atoms with Crippen molar-refractivity contribution in [3.8, 4) is 12.1 Å². The van der Waals surface area contributed by atoms with Crippen molar-refractivity contribution in [1.82, 2.24) is 0 Å². The highest BCUT2D eigenvalue weighted by Crippen LogP contribution is 2.33. The van der Waals surface area contributed by atoms with Gasteiger partial charge in [-0.05, 0) is 22.0 Å². The Labute approximate surface area is 108 Å². The number of nitrogens with zero attached hydrogens (tertiary/aromatic N) is 3. The molecule has 1 rings (SSSR count). The first kappa shape index (κ1) is 13.4. The third kappa shape index (κ3) is 2.90. The van der Waals surface area contributed by atoms with E-state index in [1.807, 2.05) is 0 Å². The van der Waals surface area contributed by atoms with Crippen molar-refractivity contribution >= 4 is 38.9 Å². The van der Waals surface area contributed by atoms with Crippen molar-refractivity contribution < 1.29 is 8.78 Å². The first-order valence-corrected chi connectivity index (χ1v) is 5.15. The standard InChI is InChI=1S/C9H2BrClF2N4/c10-7-8(13)5(11)1-6(12)9(7)17-16-4(2-14)3-15/h1,17H. The summed E-state index contributed by atoms with van der Waals surface area (Å²) in [5.41, 5.74) is 1.20. The van der Waals surface area contributed by atoms with Crippen molar-refractivity contribution in [2.45, 2.75) is 0 Å². The molecule has 0 unspecified atom stereocenters. The monoisotopic (exact) mass is 318 g/mol. The molecule has 0 fully saturated rings. The fraction of sp³-hybridized carbons (Fsp3) is 0. The lowest BCUT2D eigenvalue weighted by Crippen LogP contribution is -2.00. The number of anilines is 1. The van der Waals surface area contributed by atoms with Crippen LogP contribution in [-0.2, 0) is 0 Å². The van der Waals surface area contributed by atoms with Gasteiger partial charge < -0.3 is 0 Å². The molecule has 0 saturated heterocycles. The molecular weight excluding hydrogens is 317 g/mol. The van der Waals surface area contributed by atoms with E-state index in [4.69, 9.17) is 22.1 Å². The molecule has 1 N–H and O–H groups in total. The molecule has 0 saturated carbocycles. The molecule has 0 radical (unpaired) electrons. The third-order valence-corrected chi connectivity index (χ3v) is 2.63. The summed E-state index contributed by atoms with van der Waals surface area (Å²) in [7, 11) is 0. The van der Waals surface area contributed by atoms with Crippen LogP contribution in [0.3, 0.4) is 0 Å². The van der Waals surface area contributed by atoms with Gasteiger partial charge in [0.05, 0.1) is 9.50 Å². The van der Waals surface area contributed by atoms with E-state index < -0.39 is 22.4 Å². The largest absolute Gasteiger partial charge is 0.272 e. The molecule has 0 spiro atoms. The van der Waals surface area contributed by atoms with Crippen LogP contribution in [0, 0.1) is 34.3 Å². The zero-order chi connectivity index (χ0) is 13.0. The van der Waals surface area contributed by atoms with Gasteiger partial charge in [-0.1, -0.05) is 11.6 Å². The van der Waals surface area contributed by atoms with Crippen LogP contribution in [0.25, 0.3) is 0 Å². The summed E-state index contributed by atoms with van der Waals surface area (Å²) >= 11 is 8.17. The Kier molecular flexibility index (Phi) is 4.38. The van der Waals surface area contributed by atoms with Crippen LogP contribution in [0.15, 0.2) is 15.6 Å². The van der Waals surface area contributed by atoms with Gasteiger partial charge in [0.25, 0.3) is 0 Å². The fourth-order valence-corrected chi connectivity index (χ4v) is 1.65. The van der Waals surface area contributed by atoms with Crippen molar-refractivity contribution in [3.63, 3.8) is 0 Å². The molecule has 0 heterocycles. The minimum Gasteiger partial charge on any atom is -0.272 e. The Morgan fingerprint density at radius 1 is 1.41 bits per heavy atom. The van der Waals surface area contributed by atoms with E-state index in [0.29, 0.717) is 0 Å². The molecule has 0 aliphatic carbocycles. The summed E-state index contributed by atoms with van der Waals surface area (Å²) in [6.07, 6.45) is 0. The average molecular weight is 319 g/mol. The van der Waals surface area contributed by atoms with E-state index in [1.165, 1.54) is 12.1 Å². The summed E-state index contributed by atoms with van der Waals surface area (Å²) in [5.74, 6) is -1.75. The lowest BCUT2D eigenvalue weighted by molar-refractivity contribution is 0.597. The molecule has 1 aromatic carbocycles. The van der Waals surface area contributed by atoms with E-state index in [9.17, 15) is 8.78 Å². The van der Waals surface area contributed by atoms with E-state index >= 15 is 0 Å². The van der Waals surface area contributed by atoms with Crippen LogP contribution in [0.2, 0.25) is 5.02 Å². The van der Waals surface area contributed by atoms with E-state index in [-0.39, 0.29) is 10.2 Å². The van der Waals surface area contributed by atoms with Gasteiger partial charge in [-0.2, -0.15) is 15.6 Å². The first-order valence-electron chi connectivity index (χ1n) is 3.98. The van der Waals surface area contributed by atoms with Crippen molar-refractivity contribution in [3.05, 3.63) is 27.2 Å². The van der Waals surface area contributed by atoms with Crippen LogP contribution in [0.5, 0.6) is 0 Å². The molecule has 0 aromatic heterocycles. The maximum atomic E-state index is 13.4. The van der Waals surface area contributed by atoms with Gasteiger partial charge in [-0.3, -0.25) is 5.43 Å². The number of nitriles is 2. The smallest absolute Gasteiger partial charge is 0.237 e. The number of hydrogen-bond donors (Lipinski definition) is 1. The predicted octanol–water partition coefficient (Wildman–Crippen LogP) is 3.20. The first-order chi connectivity index (χ1) is 8.01. The molecule has 17 heavy (non-hydrogen) atoms. The predicted molar refractivity (Wildman–Crippen MR) is 61.4 cm³/mol. The van der Waals surface area contributed by atoms with Crippen LogP contribution in [0.1, 0.15) is 0 Å². The Bertz CT molecular complexity index is 558. The van der Waals surface area contributed by atoms with Crippen molar-refractivity contribution in [2.75, 3.05) is 5.43 Å². The van der Waals surface area contributed by atoms with Crippen LogP contribution >= 0.6 is 27.5 Å². The normalized spacial score (nSPS) is 9.06. The average Bonchev–Trinajstić information content (AvgIpc) is 2.31. The second kappa shape index (κ2) is 5.58. The van der Waals surface area contributed by atoms with Gasteiger partial charge in [-0.25, -0.2) is 8.78 Å². The summed E-state index contributed by atoms with van der Waals surface area (Å²) in [6.45, 7) is 0. The number of benzene rings is 1. The van der Waals surface area contributed by atoms with Crippen molar-refractivity contribution in [1.29, 1.82) is 10.5 Å². The van der Waals surface area contributed by atoms with Crippen LogP contribution in [-0.4, -0.2) is 5.71 Å². The Balaban J connectivity index is 3.18. The molecule has 0 amide bonds. The zero-order valence-electron chi connectivity index (χ0n) is 7.93. The van der Waals surface area contributed by atoms with Crippen LogP contribution in [0.4, 0.5) is 14.5 Å². The van der Waals surface area contributed by atoms with Gasteiger partial charge in [-0.15, -0.1) is 0 Å². The van der Waals surface area contributed by atoms with E-state index in [2.05, 4.69) is 26.5 Å². The SMILES string of the molecule is N#CC(C#N)=NNc1c(F)cc(Cl)c(F)c1Br. The highest BCUT2D eigenvalue weighted by molar-refractivity contribution is 9.10. The molecule has 0 bridgehead atoms. The second-order valence-electron chi connectivity index (χ2n) is 2.64. The number of rotatable bonds is 2. The lowest BCUT2D eigenvalue weighted by Gasteiger charge is -2.07. The molecule has 0 aliphatic heterocycles. The molecule has 0 aliphatic rings. The van der Waals surface area contributed by atoms with Gasteiger partial charge >= 0.3 is 0 Å². The molecule has 4 nitrogen and oxygen atoms in total. The highest BCUT2D eigenvalue weighted by atomic mass is 79.9. The highest BCUT2D eigenvalue weighted by Gasteiger charge is 2.15. The fourth-order valence-electron chi connectivity index (χ4n) is 0.856. The summed E-state index contributed by atoms with van der Waals surface area (Å²) in [6, 6.07) is 3.66. The quantitative estimate of drug-likeness (QED) is 0.394. The Hall–Kier alpha value is -1.70. The van der Waals surface area contributed by atoms with Gasteiger partial charge in [0, 0.05) is 0 Å². The Morgan fingerprint density at radius 3 is 2.53 bits per heavy atom. The molecule has 1 aromatic rings. The summed E-state index contributed by atoms with van der Waals surface area (Å²) in [5, 5.41) is 19.7. The zero-order valence-corrected chi connectivity index (χ0v) is 10.3. The molecule has 8 heteroatoms. The maximum absolute atomic E-state index is 13.4. The Morgan fingerprint density at radius 2 is 2.00 bits per heavy atom. The number of halogens is 4. The van der Waals surface area contributed by atoms with Crippen LogP contribution < -0.4 is 5.43 Å². The number of hydrazone groups is 1. The lowest BCUT2D eigenvalue weighted by atomic mass is 10.3. The molecular formula is C9H2BrClF2N4. The molecule has 0 atom stereocenters. The molecule has 86 valence electrons. The summed E-state index contributed by atoms with van der Waals surface area (Å²) < 4.78 is 26.4. The van der Waals surface area contributed by atoms with Gasteiger partial charge in [0.2, 0.25) is 5.71 Å². The van der Waals surface area contributed by atoms with E-state index in [0.717, 1.165) is 6.07 Å². The second-order valence-corrected chi connectivity index (χ2v) is 3.84. The topological polar surface area (TPSA) is 72.0 Å². The third-order valence-electron chi connectivity index (χ3n) is 1.61. The summed E-state index contributed by atoms with van der Waals surface area (Å²) in [4.78, 5) is 0. The minimum absolute atomic E-state index is 0.276.